The lowest BCUT2D eigenvalue weighted by Crippen LogP contribution is -2.36. The van der Waals surface area contributed by atoms with Crippen molar-refractivity contribution in [3.8, 4) is 11.1 Å². The third-order valence-electron chi connectivity index (χ3n) is 7.04. The summed E-state index contributed by atoms with van der Waals surface area (Å²) in [6.07, 6.45) is 0.397. The number of hydrogen-bond acceptors (Lipinski definition) is 4. The maximum atomic E-state index is 12.5. The van der Waals surface area contributed by atoms with Gasteiger partial charge in [-0.05, 0) is 46.4 Å². The van der Waals surface area contributed by atoms with E-state index in [9.17, 15) is 14.4 Å². The average molecular weight is 465 g/mol. The van der Waals surface area contributed by atoms with Crippen molar-refractivity contribution < 1.29 is 24.2 Å². The van der Waals surface area contributed by atoms with Gasteiger partial charge >= 0.3 is 12.1 Å². The number of hydrogen-bond donors (Lipinski definition) is 3. The van der Waals surface area contributed by atoms with E-state index in [2.05, 4.69) is 34.9 Å². The summed E-state index contributed by atoms with van der Waals surface area (Å²) in [7, 11) is 0. The highest BCUT2D eigenvalue weighted by molar-refractivity contribution is 5.79. The van der Waals surface area contributed by atoms with E-state index in [1.807, 2.05) is 38.1 Å². The van der Waals surface area contributed by atoms with Gasteiger partial charge in [0.15, 0.2) is 0 Å². The van der Waals surface area contributed by atoms with Crippen LogP contribution in [0, 0.1) is 23.7 Å². The predicted molar refractivity (Wildman–Crippen MR) is 128 cm³/mol. The zero-order valence-electron chi connectivity index (χ0n) is 19.6. The molecule has 34 heavy (non-hydrogen) atoms. The number of carboxylic acid groups (broad SMARTS) is 1. The molecular weight excluding hydrogens is 432 g/mol. The molecule has 4 rings (SSSR count). The minimum Gasteiger partial charge on any atom is -0.481 e. The van der Waals surface area contributed by atoms with Crippen LogP contribution in [0.4, 0.5) is 4.79 Å². The third-order valence-corrected chi connectivity index (χ3v) is 7.04. The van der Waals surface area contributed by atoms with E-state index in [1.54, 1.807) is 0 Å². The van der Waals surface area contributed by atoms with Crippen LogP contribution >= 0.6 is 0 Å². The van der Waals surface area contributed by atoms with Gasteiger partial charge in [-0.2, -0.15) is 0 Å². The van der Waals surface area contributed by atoms with E-state index < -0.39 is 12.1 Å². The molecule has 7 heteroatoms. The number of nitrogens with one attached hydrogen (secondary N) is 2. The summed E-state index contributed by atoms with van der Waals surface area (Å²) in [5.41, 5.74) is 4.68. The van der Waals surface area contributed by atoms with Crippen LogP contribution in [-0.4, -0.2) is 42.8 Å². The molecule has 3 N–H and O–H groups in total. The largest absolute Gasteiger partial charge is 0.481 e. The van der Waals surface area contributed by atoms with Crippen LogP contribution in [-0.2, 0) is 14.3 Å². The molecule has 0 aromatic heterocycles. The fourth-order valence-electron chi connectivity index (χ4n) is 4.74. The molecule has 3 unspecified atom stereocenters. The summed E-state index contributed by atoms with van der Waals surface area (Å²) < 4.78 is 5.59. The molecule has 0 saturated heterocycles. The molecule has 2 amide bonds. The van der Waals surface area contributed by atoms with Crippen molar-refractivity contribution in [2.75, 3.05) is 19.7 Å². The maximum Gasteiger partial charge on any atom is 0.407 e. The average Bonchev–Trinajstić information content (AvgIpc) is 3.54. The van der Waals surface area contributed by atoms with Gasteiger partial charge in [-0.25, -0.2) is 4.79 Å². The van der Waals surface area contributed by atoms with E-state index in [0.29, 0.717) is 19.5 Å². The second-order valence-corrected chi connectivity index (χ2v) is 9.66. The molecule has 0 radical (unpaired) electrons. The molecular formula is C27H32N2O5. The van der Waals surface area contributed by atoms with Crippen LogP contribution in [0.25, 0.3) is 11.1 Å². The lowest BCUT2D eigenvalue weighted by Gasteiger charge is -2.21. The molecule has 180 valence electrons. The van der Waals surface area contributed by atoms with Crippen molar-refractivity contribution in [1.29, 1.82) is 0 Å². The number of rotatable bonds is 10. The first-order chi connectivity index (χ1) is 16.3. The van der Waals surface area contributed by atoms with Crippen molar-refractivity contribution in [2.45, 2.75) is 32.6 Å². The van der Waals surface area contributed by atoms with Crippen LogP contribution in [0.1, 0.15) is 43.7 Å². The summed E-state index contributed by atoms with van der Waals surface area (Å²) in [5.74, 6) is -1.09. The molecule has 2 aromatic rings. The predicted octanol–water partition coefficient (Wildman–Crippen LogP) is 4.02. The van der Waals surface area contributed by atoms with Crippen LogP contribution in [0.15, 0.2) is 48.5 Å². The minimum absolute atomic E-state index is 0.00174. The zero-order valence-corrected chi connectivity index (χ0v) is 19.6. The van der Waals surface area contributed by atoms with Gasteiger partial charge in [-0.15, -0.1) is 0 Å². The summed E-state index contributed by atoms with van der Waals surface area (Å²) in [5, 5.41) is 14.6. The quantitative estimate of drug-likeness (QED) is 0.493. The fourth-order valence-corrected chi connectivity index (χ4v) is 4.74. The van der Waals surface area contributed by atoms with Gasteiger partial charge in [0.25, 0.3) is 0 Å². The van der Waals surface area contributed by atoms with E-state index in [-0.39, 0.29) is 48.5 Å². The van der Waals surface area contributed by atoms with Crippen LogP contribution in [0.5, 0.6) is 0 Å². The fraction of sp³-hybridized carbons (Fsp3) is 0.444. The molecule has 0 bridgehead atoms. The van der Waals surface area contributed by atoms with Crippen molar-refractivity contribution in [3.05, 3.63) is 59.7 Å². The molecule has 2 aliphatic rings. The summed E-state index contributed by atoms with van der Waals surface area (Å²) >= 11 is 0. The number of amides is 2. The Kier molecular flexibility index (Phi) is 7.20. The monoisotopic (exact) mass is 464 g/mol. The first-order valence-electron chi connectivity index (χ1n) is 11.9. The number of fused-ring (bicyclic) bond motifs is 3. The number of alkyl carbamates (subject to hydrolysis) is 1. The Bertz CT molecular complexity index is 1020. The number of aliphatic carboxylic acids is 1. The number of benzene rings is 2. The lowest BCUT2D eigenvalue weighted by molar-refractivity contribution is -0.139. The smallest absolute Gasteiger partial charge is 0.407 e. The molecule has 7 nitrogen and oxygen atoms in total. The number of carbonyl (C=O) groups is 3. The second kappa shape index (κ2) is 10.3. The summed E-state index contributed by atoms with van der Waals surface area (Å²) in [4.78, 5) is 35.7. The summed E-state index contributed by atoms with van der Waals surface area (Å²) in [6.45, 7) is 5.00. The van der Waals surface area contributed by atoms with Crippen molar-refractivity contribution in [2.24, 2.45) is 23.7 Å². The Morgan fingerprint density at radius 1 is 1.00 bits per heavy atom. The van der Waals surface area contributed by atoms with E-state index in [4.69, 9.17) is 9.84 Å². The highest BCUT2D eigenvalue weighted by atomic mass is 16.5. The van der Waals surface area contributed by atoms with Crippen LogP contribution in [0.2, 0.25) is 0 Å². The maximum absolute atomic E-state index is 12.5. The number of ether oxygens (including phenoxy) is 1. The van der Waals surface area contributed by atoms with Gasteiger partial charge in [0.1, 0.15) is 6.61 Å². The number of carboxylic acids is 1. The molecule has 2 aliphatic carbocycles. The van der Waals surface area contributed by atoms with Crippen LogP contribution < -0.4 is 10.6 Å². The van der Waals surface area contributed by atoms with Crippen molar-refractivity contribution in [3.63, 3.8) is 0 Å². The van der Waals surface area contributed by atoms with Gasteiger partial charge in [0.2, 0.25) is 5.91 Å². The topological polar surface area (TPSA) is 105 Å². The van der Waals surface area contributed by atoms with E-state index in [0.717, 1.165) is 11.1 Å². The number of carbonyl (C=O) groups excluding carboxylic acids is 2. The second-order valence-electron chi connectivity index (χ2n) is 9.66. The van der Waals surface area contributed by atoms with E-state index in [1.165, 1.54) is 11.1 Å². The first kappa shape index (κ1) is 23.8. The molecule has 2 aromatic carbocycles. The summed E-state index contributed by atoms with van der Waals surface area (Å²) in [6, 6.07) is 16.4. The normalized spacial score (nSPS) is 19.1. The Morgan fingerprint density at radius 2 is 1.62 bits per heavy atom. The van der Waals surface area contributed by atoms with Crippen molar-refractivity contribution >= 4 is 18.0 Å². The SMILES string of the molecule is CC(C)C(CNC(=O)OCC1c2ccccc2-c2ccccc21)CC(=O)NCC1CC1C(=O)O. The Morgan fingerprint density at radius 3 is 2.18 bits per heavy atom. The molecule has 0 aliphatic heterocycles. The Labute approximate surface area is 199 Å². The minimum atomic E-state index is -0.799. The van der Waals surface area contributed by atoms with Gasteiger partial charge in [0.05, 0.1) is 5.92 Å². The Balaban J connectivity index is 1.25. The standard InChI is InChI=1S/C27H32N2O5/c1-16(2)17(12-25(30)28-14-18-11-23(18)26(31)32)13-29-27(33)34-15-24-21-9-5-3-7-19(21)20-8-4-6-10-22(20)24/h3-10,16-18,23-24H,11-15H2,1-2H3,(H,28,30)(H,29,33)(H,31,32). The van der Waals surface area contributed by atoms with Gasteiger partial charge < -0.3 is 20.5 Å². The van der Waals surface area contributed by atoms with Crippen molar-refractivity contribution in [1.82, 2.24) is 10.6 Å². The Hall–Kier alpha value is -3.35. The molecule has 0 heterocycles. The molecule has 3 atom stereocenters. The van der Waals surface area contributed by atoms with Gasteiger partial charge in [-0.3, -0.25) is 9.59 Å². The lowest BCUT2D eigenvalue weighted by atomic mass is 9.92. The van der Waals surface area contributed by atoms with Gasteiger partial charge in [0, 0.05) is 25.4 Å². The van der Waals surface area contributed by atoms with E-state index >= 15 is 0 Å². The first-order valence-corrected chi connectivity index (χ1v) is 11.9. The molecule has 0 spiro atoms. The highest BCUT2D eigenvalue weighted by Crippen LogP contribution is 2.44. The molecule has 1 saturated carbocycles. The highest BCUT2D eigenvalue weighted by Gasteiger charge is 2.43. The van der Waals surface area contributed by atoms with Crippen LogP contribution in [0.3, 0.4) is 0 Å². The zero-order chi connectivity index (χ0) is 24.2. The van der Waals surface area contributed by atoms with Gasteiger partial charge in [-0.1, -0.05) is 62.4 Å². The molecule has 1 fully saturated rings. The third kappa shape index (κ3) is 5.41.